The second-order valence-corrected chi connectivity index (χ2v) is 6.29. The Kier molecular flexibility index (Phi) is 2.79. The molecule has 21 heavy (non-hydrogen) atoms. The highest BCUT2D eigenvalue weighted by Crippen LogP contribution is 2.37. The molecule has 2 aromatic carbocycles. The van der Waals surface area contributed by atoms with Gasteiger partial charge in [0.1, 0.15) is 5.82 Å². The molecule has 1 atom stereocenters. The molecular weight excluding hydrogens is 333 g/mol. The topological polar surface area (TPSA) is 43.8 Å². The molecule has 0 bridgehead atoms. The van der Waals surface area contributed by atoms with Gasteiger partial charge in [0.25, 0.3) is 0 Å². The van der Waals surface area contributed by atoms with Crippen LogP contribution in [0.3, 0.4) is 0 Å². The van der Waals surface area contributed by atoms with Gasteiger partial charge in [0.15, 0.2) is 0 Å². The number of anilines is 1. The first kappa shape index (κ1) is 12.8. The first-order valence-corrected chi connectivity index (χ1v) is 7.61. The fraction of sp³-hybridized carbons (Fsp3) is 0.188. The molecule has 4 rings (SSSR count). The predicted octanol–water partition coefficient (Wildman–Crippen LogP) is 3.86. The lowest BCUT2D eigenvalue weighted by atomic mass is 9.77. The van der Waals surface area contributed by atoms with Crippen molar-refractivity contribution in [2.45, 2.75) is 18.9 Å². The van der Waals surface area contributed by atoms with E-state index >= 15 is 0 Å². The van der Waals surface area contributed by atoms with Crippen LogP contribution in [0.2, 0.25) is 0 Å². The summed E-state index contributed by atoms with van der Waals surface area (Å²) in [5.74, 6) is 0.567. The minimum atomic E-state index is -0.294. The molecule has 0 saturated carbocycles. The van der Waals surface area contributed by atoms with Gasteiger partial charge >= 0.3 is 0 Å². The van der Waals surface area contributed by atoms with Crippen LogP contribution in [0.4, 0.5) is 10.3 Å². The highest BCUT2D eigenvalue weighted by atomic mass is 79.9. The summed E-state index contributed by atoms with van der Waals surface area (Å²) in [6.45, 7) is 0.737. The largest absolute Gasteiger partial charge is 0.369 e. The van der Waals surface area contributed by atoms with E-state index in [1.165, 1.54) is 17.2 Å². The Morgan fingerprint density at radius 3 is 2.95 bits per heavy atom. The van der Waals surface area contributed by atoms with E-state index in [1.807, 2.05) is 4.57 Å². The van der Waals surface area contributed by atoms with Gasteiger partial charge in [0, 0.05) is 18.5 Å². The Hall–Kier alpha value is -1.88. The number of nitrogens with zero attached hydrogens (tertiary/aromatic N) is 2. The zero-order chi connectivity index (χ0) is 14.6. The maximum atomic E-state index is 13.8. The smallest absolute Gasteiger partial charge is 0.201 e. The summed E-state index contributed by atoms with van der Waals surface area (Å²) >= 11 is 3.18. The van der Waals surface area contributed by atoms with Crippen LogP contribution in [0.1, 0.15) is 17.0 Å². The first-order chi connectivity index (χ1) is 10.1. The normalized spacial score (nSPS) is 16.8. The van der Waals surface area contributed by atoms with Crippen LogP contribution in [-0.4, -0.2) is 9.55 Å². The quantitative estimate of drug-likeness (QED) is 0.766. The second-order valence-electron chi connectivity index (χ2n) is 5.44. The van der Waals surface area contributed by atoms with Crippen molar-refractivity contribution >= 4 is 32.9 Å². The Morgan fingerprint density at radius 1 is 1.33 bits per heavy atom. The van der Waals surface area contributed by atoms with E-state index in [0.717, 1.165) is 18.5 Å². The van der Waals surface area contributed by atoms with E-state index in [4.69, 9.17) is 5.73 Å². The molecule has 0 amide bonds. The monoisotopic (exact) mass is 345 g/mol. The van der Waals surface area contributed by atoms with E-state index in [-0.39, 0.29) is 5.82 Å². The van der Waals surface area contributed by atoms with Gasteiger partial charge in [-0.2, -0.15) is 0 Å². The lowest BCUT2D eigenvalue weighted by molar-refractivity contribution is 0.520. The van der Waals surface area contributed by atoms with Crippen LogP contribution in [0.25, 0.3) is 11.0 Å². The molecule has 1 aliphatic carbocycles. The van der Waals surface area contributed by atoms with Gasteiger partial charge in [-0.1, -0.05) is 24.3 Å². The van der Waals surface area contributed by atoms with E-state index in [1.54, 1.807) is 6.07 Å². The van der Waals surface area contributed by atoms with E-state index in [9.17, 15) is 4.39 Å². The number of nitrogens with two attached hydrogens (primary N) is 1. The first-order valence-electron chi connectivity index (χ1n) is 6.82. The summed E-state index contributed by atoms with van der Waals surface area (Å²) in [5.41, 5.74) is 10.2. The molecule has 2 N–H and O–H groups in total. The molecule has 3 aromatic rings. The highest BCUT2D eigenvalue weighted by molar-refractivity contribution is 9.10. The average molecular weight is 346 g/mol. The SMILES string of the molecule is Nc1nc2cc(Br)c(F)cc2n1CC1Cc2ccccc21. The molecule has 5 heteroatoms. The van der Waals surface area contributed by atoms with Crippen molar-refractivity contribution in [3.63, 3.8) is 0 Å². The molecule has 0 spiro atoms. The number of halogens is 2. The number of aromatic nitrogens is 2. The summed E-state index contributed by atoms with van der Waals surface area (Å²) in [5, 5.41) is 0. The van der Waals surface area contributed by atoms with E-state index in [2.05, 4.69) is 45.2 Å². The van der Waals surface area contributed by atoms with Crippen molar-refractivity contribution in [3.05, 3.63) is 57.8 Å². The number of benzene rings is 2. The zero-order valence-corrected chi connectivity index (χ0v) is 12.8. The van der Waals surface area contributed by atoms with Crippen LogP contribution in [0.5, 0.6) is 0 Å². The van der Waals surface area contributed by atoms with Crippen molar-refractivity contribution in [3.8, 4) is 0 Å². The van der Waals surface area contributed by atoms with Gasteiger partial charge < -0.3 is 10.3 Å². The van der Waals surface area contributed by atoms with Crippen LogP contribution in [0, 0.1) is 5.82 Å². The number of imidazole rings is 1. The maximum Gasteiger partial charge on any atom is 0.201 e. The molecule has 3 nitrogen and oxygen atoms in total. The molecule has 0 saturated heterocycles. The summed E-state index contributed by atoms with van der Waals surface area (Å²) in [6.07, 6.45) is 1.04. The second kappa shape index (κ2) is 4.56. The van der Waals surface area contributed by atoms with Gasteiger partial charge in [0.05, 0.1) is 15.5 Å². The standard InChI is InChI=1S/C16H13BrFN3/c17-12-6-14-15(7-13(12)18)21(16(19)20-14)8-10-5-9-3-1-2-4-11(9)10/h1-4,6-7,10H,5,8H2,(H2,19,20). The molecule has 1 aromatic heterocycles. The van der Waals surface area contributed by atoms with Gasteiger partial charge in [-0.25, -0.2) is 9.37 Å². The summed E-state index contributed by atoms with van der Waals surface area (Å²) in [6, 6.07) is 11.6. The van der Waals surface area contributed by atoms with Crippen molar-refractivity contribution in [2.24, 2.45) is 0 Å². The molecule has 1 aliphatic rings. The molecule has 106 valence electrons. The molecule has 1 unspecified atom stereocenters. The van der Waals surface area contributed by atoms with Crippen LogP contribution < -0.4 is 5.73 Å². The molecular formula is C16H13BrFN3. The summed E-state index contributed by atoms with van der Waals surface area (Å²) < 4.78 is 16.1. The lowest BCUT2D eigenvalue weighted by Crippen LogP contribution is -2.22. The number of nitrogen functional groups attached to an aromatic ring is 1. The number of fused-ring (bicyclic) bond motifs is 2. The van der Waals surface area contributed by atoms with E-state index in [0.29, 0.717) is 21.9 Å². The average Bonchev–Trinajstić information content (AvgIpc) is 2.72. The summed E-state index contributed by atoms with van der Waals surface area (Å²) in [7, 11) is 0. The van der Waals surface area contributed by atoms with Crippen molar-refractivity contribution in [1.82, 2.24) is 9.55 Å². The zero-order valence-electron chi connectivity index (χ0n) is 11.2. The van der Waals surface area contributed by atoms with Crippen molar-refractivity contribution < 1.29 is 4.39 Å². The van der Waals surface area contributed by atoms with Crippen LogP contribution >= 0.6 is 15.9 Å². The van der Waals surface area contributed by atoms with Crippen molar-refractivity contribution in [2.75, 3.05) is 5.73 Å². The Bertz CT molecular complexity index is 856. The van der Waals surface area contributed by atoms with Crippen LogP contribution in [0.15, 0.2) is 40.9 Å². The number of hydrogen-bond donors (Lipinski definition) is 1. The fourth-order valence-corrected chi connectivity index (χ4v) is 3.41. The third kappa shape index (κ3) is 1.95. The third-order valence-electron chi connectivity index (χ3n) is 4.18. The molecule has 0 aliphatic heterocycles. The summed E-state index contributed by atoms with van der Waals surface area (Å²) in [4.78, 5) is 4.33. The van der Waals surface area contributed by atoms with Crippen LogP contribution in [-0.2, 0) is 13.0 Å². The minimum absolute atomic E-state index is 0.294. The maximum absolute atomic E-state index is 13.8. The Labute approximate surface area is 129 Å². The number of rotatable bonds is 2. The fourth-order valence-electron chi connectivity index (χ4n) is 3.08. The minimum Gasteiger partial charge on any atom is -0.369 e. The predicted molar refractivity (Wildman–Crippen MR) is 84.7 cm³/mol. The highest BCUT2D eigenvalue weighted by Gasteiger charge is 2.27. The Balaban J connectivity index is 1.75. The third-order valence-corrected chi connectivity index (χ3v) is 4.79. The Morgan fingerprint density at radius 2 is 2.14 bits per heavy atom. The van der Waals surface area contributed by atoms with Gasteiger partial charge in [0.2, 0.25) is 5.95 Å². The molecule has 0 radical (unpaired) electrons. The van der Waals surface area contributed by atoms with E-state index < -0.39 is 0 Å². The lowest BCUT2D eigenvalue weighted by Gasteiger charge is -2.30. The van der Waals surface area contributed by atoms with Gasteiger partial charge in [-0.05, 0) is 39.5 Å². The molecule has 1 heterocycles. The van der Waals surface area contributed by atoms with Gasteiger partial charge in [-0.3, -0.25) is 0 Å². The molecule has 0 fully saturated rings. The number of hydrogen-bond acceptors (Lipinski definition) is 2. The van der Waals surface area contributed by atoms with Crippen molar-refractivity contribution in [1.29, 1.82) is 0 Å². The van der Waals surface area contributed by atoms with Gasteiger partial charge in [-0.15, -0.1) is 0 Å².